The second kappa shape index (κ2) is 11.0. The summed E-state index contributed by atoms with van der Waals surface area (Å²) in [5.41, 5.74) is 2.98. The molecular formula is C31H26N4O5S2. The fourth-order valence-electron chi connectivity index (χ4n) is 4.96. The molecule has 2 N–H and O–H groups in total. The van der Waals surface area contributed by atoms with E-state index in [1.54, 1.807) is 30.5 Å². The number of carbonyl (C=O) groups is 3. The summed E-state index contributed by atoms with van der Waals surface area (Å²) in [5, 5.41) is 6.21. The van der Waals surface area contributed by atoms with E-state index >= 15 is 0 Å². The summed E-state index contributed by atoms with van der Waals surface area (Å²) in [4.78, 5) is 45.4. The number of hydrogen-bond donors (Lipinski definition) is 2. The Morgan fingerprint density at radius 1 is 0.976 bits per heavy atom. The molecule has 2 aliphatic heterocycles. The maximum absolute atomic E-state index is 13.2. The van der Waals surface area contributed by atoms with Gasteiger partial charge in [0.05, 0.1) is 27.6 Å². The van der Waals surface area contributed by atoms with Crippen molar-refractivity contribution in [1.82, 2.24) is 15.2 Å². The molecule has 3 heterocycles. The zero-order valence-electron chi connectivity index (χ0n) is 22.4. The highest BCUT2D eigenvalue weighted by molar-refractivity contribution is 7.91. The van der Waals surface area contributed by atoms with Crippen LogP contribution in [0.2, 0.25) is 0 Å². The van der Waals surface area contributed by atoms with Gasteiger partial charge in [-0.05, 0) is 55.3 Å². The predicted octanol–water partition coefficient (Wildman–Crippen LogP) is 4.93. The molecule has 0 unspecified atom stereocenters. The molecule has 0 radical (unpaired) electrons. The highest BCUT2D eigenvalue weighted by Gasteiger charge is 2.31. The van der Waals surface area contributed by atoms with E-state index in [9.17, 15) is 22.8 Å². The van der Waals surface area contributed by atoms with Crippen molar-refractivity contribution in [1.29, 1.82) is 0 Å². The molecular weight excluding hydrogens is 572 g/mol. The number of rotatable bonds is 5. The zero-order valence-corrected chi connectivity index (χ0v) is 24.1. The molecule has 6 rings (SSSR count). The first kappa shape index (κ1) is 27.6. The van der Waals surface area contributed by atoms with E-state index in [4.69, 9.17) is 0 Å². The predicted molar refractivity (Wildman–Crippen MR) is 159 cm³/mol. The smallest absolute Gasteiger partial charge is 0.257 e. The first-order chi connectivity index (χ1) is 20.2. The van der Waals surface area contributed by atoms with Gasteiger partial charge in [-0.2, -0.15) is 0 Å². The lowest BCUT2D eigenvalue weighted by atomic mass is 10.0. The molecule has 9 nitrogen and oxygen atoms in total. The summed E-state index contributed by atoms with van der Waals surface area (Å²) in [7, 11) is -3.95. The third-order valence-corrected chi connectivity index (χ3v) is 10.2. The molecule has 0 spiro atoms. The minimum absolute atomic E-state index is 0.0103. The van der Waals surface area contributed by atoms with Crippen LogP contribution >= 0.6 is 11.3 Å². The van der Waals surface area contributed by atoms with Gasteiger partial charge in [0.25, 0.3) is 17.7 Å². The van der Waals surface area contributed by atoms with Gasteiger partial charge in [0, 0.05) is 40.9 Å². The largest absolute Gasteiger partial charge is 0.347 e. The maximum atomic E-state index is 13.2. The first-order valence-electron chi connectivity index (χ1n) is 13.3. The van der Waals surface area contributed by atoms with E-state index < -0.39 is 21.7 Å². The van der Waals surface area contributed by atoms with Crippen molar-refractivity contribution in [3.8, 4) is 10.6 Å². The Hall–Kier alpha value is -4.61. The van der Waals surface area contributed by atoms with E-state index in [2.05, 4.69) is 22.2 Å². The second-order valence-corrected chi connectivity index (χ2v) is 13.1. The Morgan fingerprint density at radius 3 is 2.45 bits per heavy atom. The molecule has 3 amide bonds. The van der Waals surface area contributed by atoms with Crippen LogP contribution in [0.3, 0.4) is 0 Å². The Kier molecular flexibility index (Phi) is 7.21. The van der Waals surface area contributed by atoms with Crippen molar-refractivity contribution in [2.75, 3.05) is 18.4 Å². The molecule has 4 aromatic rings. The summed E-state index contributed by atoms with van der Waals surface area (Å²) in [6, 6.07) is 17.5. The zero-order chi connectivity index (χ0) is 29.4. The van der Waals surface area contributed by atoms with Crippen LogP contribution in [0.4, 0.5) is 5.69 Å². The monoisotopic (exact) mass is 598 g/mol. The van der Waals surface area contributed by atoms with Gasteiger partial charge >= 0.3 is 0 Å². The van der Waals surface area contributed by atoms with E-state index in [-0.39, 0.29) is 39.1 Å². The first-order valence-corrected chi connectivity index (χ1v) is 15.6. The highest BCUT2D eigenvalue weighted by Crippen LogP contribution is 2.34. The molecule has 2 aliphatic rings. The van der Waals surface area contributed by atoms with Crippen LogP contribution in [-0.4, -0.2) is 49.1 Å². The standard InChI is InChI=1S/C31H26N4O5S2/c1-19-12-14-35(15-13-19)31(38)21-8-6-20(7-9-21)30-33-18-23(41-30)17-32-28(36)22-10-11-27-25(16-22)34-29(37)24-4-2-3-5-26(24)42(27,39)40/h2-11,16,18H,1,12-15,17H2,(H,32,36)(H,34,37). The minimum Gasteiger partial charge on any atom is -0.347 e. The van der Waals surface area contributed by atoms with E-state index in [0.29, 0.717) is 18.7 Å². The normalized spacial score (nSPS) is 15.7. The number of thiazole rings is 1. The molecule has 0 saturated carbocycles. The van der Waals surface area contributed by atoms with Crippen LogP contribution in [0.25, 0.3) is 10.6 Å². The van der Waals surface area contributed by atoms with Gasteiger partial charge in [0.2, 0.25) is 9.84 Å². The Labute approximate surface area is 246 Å². The van der Waals surface area contributed by atoms with Crippen LogP contribution in [0.15, 0.2) is 94.9 Å². The summed E-state index contributed by atoms with van der Waals surface area (Å²) in [5.74, 6) is -0.973. The Balaban J connectivity index is 1.12. The number of likely N-dealkylation sites (tertiary alicyclic amines) is 1. The van der Waals surface area contributed by atoms with Gasteiger partial charge in [-0.15, -0.1) is 11.3 Å². The lowest BCUT2D eigenvalue weighted by Crippen LogP contribution is -2.36. The van der Waals surface area contributed by atoms with Crippen molar-refractivity contribution >= 4 is 44.6 Å². The highest BCUT2D eigenvalue weighted by atomic mass is 32.2. The van der Waals surface area contributed by atoms with Gasteiger partial charge in [-0.25, -0.2) is 13.4 Å². The molecule has 42 heavy (non-hydrogen) atoms. The average Bonchev–Trinajstić information content (AvgIpc) is 3.46. The number of aromatic nitrogens is 1. The van der Waals surface area contributed by atoms with Gasteiger partial charge in [0.1, 0.15) is 5.01 Å². The minimum atomic E-state index is -3.95. The number of nitrogens with one attached hydrogen (secondary N) is 2. The third-order valence-electron chi connectivity index (χ3n) is 7.31. The van der Waals surface area contributed by atoms with E-state index in [0.717, 1.165) is 28.3 Å². The number of anilines is 1. The fourth-order valence-corrected chi connectivity index (χ4v) is 7.41. The number of fused-ring (bicyclic) bond motifs is 2. The number of piperidine rings is 1. The fraction of sp³-hybridized carbons (Fsp3) is 0.161. The summed E-state index contributed by atoms with van der Waals surface area (Å²) in [6.45, 7) is 5.58. The van der Waals surface area contributed by atoms with Gasteiger partial charge in [-0.3, -0.25) is 14.4 Å². The van der Waals surface area contributed by atoms with Crippen molar-refractivity contribution in [2.24, 2.45) is 0 Å². The van der Waals surface area contributed by atoms with Gasteiger partial charge in [0.15, 0.2) is 0 Å². The number of amides is 3. The summed E-state index contributed by atoms with van der Waals surface area (Å²) < 4.78 is 26.4. The topological polar surface area (TPSA) is 126 Å². The van der Waals surface area contributed by atoms with Crippen molar-refractivity contribution in [3.05, 3.63) is 107 Å². The molecule has 1 aromatic heterocycles. The second-order valence-electron chi connectivity index (χ2n) is 10.1. The van der Waals surface area contributed by atoms with Crippen LogP contribution in [0.5, 0.6) is 0 Å². The molecule has 1 saturated heterocycles. The molecule has 212 valence electrons. The van der Waals surface area contributed by atoms with Crippen LogP contribution in [0, 0.1) is 0 Å². The molecule has 0 aliphatic carbocycles. The van der Waals surface area contributed by atoms with Crippen molar-refractivity contribution < 1.29 is 22.8 Å². The molecule has 1 fully saturated rings. The van der Waals surface area contributed by atoms with Gasteiger partial charge in [-0.1, -0.05) is 36.4 Å². The van der Waals surface area contributed by atoms with Crippen LogP contribution in [-0.2, 0) is 16.4 Å². The SMILES string of the molecule is C=C1CCN(C(=O)c2ccc(-c3ncc(CNC(=O)c4ccc5c(c4)NC(=O)c4ccccc4S5(=O)=O)s3)cc2)CC1. The lowest BCUT2D eigenvalue weighted by molar-refractivity contribution is 0.0743. The maximum Gasteiger partial charge on any atom is 0.257 e. The van der Waals surface area contributed by atoms with E-state index in [1.165, 1.54) is 47.2 Å². The van der Waals surface area contributed by atoms with Crippen LogP contribution < -0.4 is 10.6 Å². The quantitative estimate of drug-likeness (QED) is 0.314. The molecule has 0 atom stereocenters. The lowest BCUT2D eigenvalue weighted by Gasteiger charge is -2.28. The summed E-state index contributed by atoms with van der Waals surface area (Å²) >= 11 is 1.42. The number of benzene rings is 3. The number of hydrogen-bond acceptors (Lipinski definition) is 7. The van der Waals surface area contributed by atoms with Gasteiger partial charge < -0.3 is 15.5 Å². The molecule has 11 heteroatoms. The Morgan fingerprint density at radius 2 is 1.69 bits per heavy atom. The third kappa shape index (κ3) is 5.24. The average molecular weight is 599 g/mol. The number of carbonyl (C=O) groups excluding carboxylic acids is 3. The van der Waals surface area contributed by atoms with Crippen molar-refractivity contribution in [3.63, 3.8) is 0 Å². The Bertz CT molecular complexity index is 1850. The molecule has 0 bridgehead atoms. The number of sulfone groups is 1. The molecule has 3 aromatic carbocycles. The van der Waals surface area contributed by atoms with Crippen molar-refractivity contribution in [2.45, 2.75) is 29.2 Å². The van der Waals surface area contributed by atoms with Crippen LogP contribution in [0.1, 0.15) is 48.8 Å². The summed E-state index contributed by atoms with van der Waals surface area (Å²) in [6.07, 6.45) is 3.35. The van der Waals surface area contributed by atoms with E-state index in [1.807, 2.05) is 17.0 Å². The number of nitrogens with zero attached hydrogens (tertiary/aromatic N) is 2.